The second kappa shape index (κ2) is 5.91. The predicted molar refractivity (Wildman–Crippen MR) is 62.7 cm³/mol. The fourth-order valence-corrected chi connectivity index (χ4v) is 1.53. The number of benzene rings is 1. The van der Waals surface area contributed by atoms with Crippen molar-refractivity contribution < 1.29 is 22.4 Å². The highest BCUT2D eigenvalue weighted by atomic mass is 19.4. The number of nitrogens with one attached hydrogen (secondary N) is 1. The summed E-state index contributed by atoms with van der Waals surface area (Å²) in [5, 5.41) is 6.68. The molecule has 5 nitrogen and oxygen atoms in total. The first-order valence-corrected chi connectivity index (χ1v) is 5.77. The molecule has 1 aromatic heterocycles. The molecule has 2 rings (SSSR count). The molecule has 0 saturated heterocycles. The molecule has 20 heavy (non-hydrogen) atoms. The molecule has 1 heterocycles. The Morgan fingerprint density at radius 2 is 1.90 bits per heavy atom. The van der Waals surface area contributed by atoms with E-state index in [0.29, 0.717) is 24.8 Å². The molecule has 0 spiro atoms. The lowest BCUT2D eigenvalue weighted by molar-refractivity contribution is -0.274. The van der Waals surface area contributed by atoms with Gasteiger partial charge in [0.2, 0.25) is 5.89 Å². The van der Waals surface area contributed by atoms with Gasteiger partial charge in [0.25, 0.3) is 0 Å². The molecule has 0 amide bonds. The van der Waals surface area contributed by atoms with Crippen LogP contribution in [0.1, 0.15) is 17.3 Å². The normalized spacial score (nSPS) is 11.6. The minimum Gasteiger partial charge on any atom is -0.406 e. The second-order valence-electron chi connectivity index (χ2n) is 4.03. The number of ether oxygens (including phenoxy) is 1. The molecule has 0 unspecified atom stereocenters. The van der Waals surface area contributed by atoms with Gasteiger partial charge in [-0.05, 0) is 24.6 Å². The van der Waals surface area contributed by atoms with Crippen molar-refractivity contribution >= 4 is 0 Å². The third-order valence-electron chi connectivity index (χ3n) is 2.33. The van der Waals surface area contributed by atoms with Crippen LogP contribution in [0.3, 0.4) is 0 Å². The highest BCUT2D eigenvalue weighted by molar-refractivity contribution is 5.27. The summed E-state index contributed by atoms with van der Waals surface area (Å²) in [5.74, 6) is 0.767. The van der Waals surface area contributed by atoms with Gasteiger partial charge in [-0.3, -0.25) is 0 Å². The molecule has 0 atom stereocenters. The number of rotatable bonds is 5. The minimum atomic E-state index is -4.67. The van der Waals surface area contributed by atoms with Crippen LogP contribution in [0.4, 0.5) is 13.2 Å². The van der Waals surface area contributed by atoms with Crippen LogP contribution in [0.2, 0.25) is 0 Å². The summed E-state index contributed by atoms with van der Waals surface area (Å²) in [6.45, 7) is 2.57. The van der Waals surface area contributed by atoms with Gasteiger partial charge in [0, 0.05) is 6.54 Å². The van der Waals surface area contributed by atoms with Gasteiger partial charge in [0.15, 0.2) is 5.82 Å². The van der Waals surface area contributed by atoms with Crippen LogP contribution in [-0.4, -0.2) is 16.5 Å². The van der Waals surface area contributed by atoms with Crippen molar-refractivity contribution in [3.05, 3.63) is 41.5 Å². The van der Waals surface area contributed by atoms with Crippen molar-refractivity contribution in [3.8, 4) is 5.75 Å². The lowest BCUT2D eigenvalue weighted by atomic mass is 10.2. The number of alkyl halides is 3. The van der Waals surface area contributed by atoms with Gasteiger partial charge >= 0.3 is 6.36 Å². The number of hydrogen-bond acceptors (Lipinski definition) is 5. The Bertz CT molecular complexity index is 552. The maximum atomic E-state index is 12.0. The van der Waals surface area contributed by atoms with E-state index in [0.717, 1.165) is 5.56 Å². The summed E-state index contributed by atoms with van der Waals surface area (Å²) in [6, 6.07) is 5.63. The highest BCUT2D eigenvalue weighted by Crippen LogP contribution is 2.22. The largest absolute Gasteiger partial charge is 0.573 e. The molecule has 1 aromatic carbocycles. The molecule has 0 aliphatic rings. The van der Waals surface area contributed by atoms with Gasteiger partial charge in [0.05, 0.1) is 6.54 Å². The average molecular weight is 287 g/mol. The van der Waals surface area contributed by atoms with Crippen LogP contribution in [0.5, 0.6) is 5.75 Å². The van der Waals surface area contributed by atoms with Crippen LogP contribution in [0.25, 0.3) is 0 Å². The number of aryl methyl sites for hydroxylation is 1. The zero-order chi connectivity index (χ0) is 14.6. The van der Waals surface area contributed by atoms with Crippen molar-refractivity contribution in [1.29, 1.82) is 0 Å². The van der Waals surface area contributed by atoms with Gasteiger partial charge in [-0.1, -0.05) is 17.3 Å². The maximum Gasteiger partial charge on any atom is 0.573 e. The lowest BCUT2D eigenvalue weighted by Gasteiger charge is -2.09. The number of aromatic nitrogens is 2. The van der Waals surface area contributed by atoms with E-state index in [1.54, 1.807) is 19.1 Å². The van der Waals surface area contributed by atoms with E-state index in [9.17, 15) is 13.2 Å². The van der Waals surface area contributed by atoms with Gasteiger partial charge < -0.3 is 14.6 Å². The third kappa shape index (κ3) is 4.54. The standard InChI is InChI=1S/C12H12F3N3O2/c1-8-17-11(20-18-8)7-16-6-9-2-4-10(5-3-9)19-12(13,14)15/h2-5,16H,6-7H2,1H3. The topological polar surface area (TPSA) is 60.2 Å². The summed E-state index contributed by atoms with van der Waals surface area (Å²) in [5.41, 5.74) is 0.816. The Balaban J connectivity index is 1.82. The van der Waals surface area contributed by atoms with Gasteiger partial charge in [-0.15, -0.1) is 13.2 Å². The Kier molecular flexibility index (Phi) is 4.23. The molecule has 1 N–H and O–H groups in total. The number of halogens is 3. The van der Waals surface area contributed by atoms with Crippen molar-refractivity contribution in [2.75, 3.05) is 0 Å². The van der Waals surface area contributed by atoms with E-state index in [4.69, 9.17) is 4.52 Å². The average Bonchev–Trinajstić information content (AvgIpc) is 2.75. The monoisotopic (exact) mass is 287 g/mol. The van der Waals surface area contributed by atoms with E-state index in [1.165, 1.54) is 12.1 Å². The molecule has 2 aromatic rings. The summed E-state index contributed by atoms with van der Waals surface area (Å²) in [6.07, 6.45) is -4.67. The molecule has 0 radical (unpaired) electrons. The fraction of sp³-hybridized carbons (Fsp3) is 0.333. The van der Waals surface area contributed by atoms with Crippen LogP contribution >= 0.6 is 0 Å². The molecule has 0 saturated carbocycles. The zero-order valence-corrected chi connectivity index (χ0v) is 10.6. The molecular formula is C12H12F3N3O2. The minimum absolute atomic E-state index is 0.242. The zero-order valence-electron chi connectivity index (χ0n) is 10.6. The SMILES string of the molecule is Cc1noc(CNCc2ccc(OC(F)(F)F)cc2)n1. The summed E-state index contributed by atoms with van der Waals surface area (Å²) < 4.78 is 44.6. The Hall–Kier alpha value is -2.09. The van der Waals surface area contributed by atoms with Crippen LogP contribution < -0.4 is 10.1 Å². The Morgan fingerprint density at radius 1 is 1.20 bits per heavy atom. The third-order valence-corrected chi connectivity index (χ3v) is 2.33. The highest BCUT2D eigenvalue weighted by Gasteiger charge is 2.30. The second-order valence-corrected chi connectivity index (χ2v) is 4.03. The summed E-state index contributed by atoms with van der Waals surface area (Å²) in [7, 11) is 0. The van der Waals surface area contributed by atoms with Gasteiger partial charge in [0.1, 0.15) is 5.75 Å². The molecule has 8 heteroatoms. The summed E-state index contributed by atoms with van der Waals surface area (Å²) in [4.78, 5) is 4.01. The van der Waals surface area contributed by atoms with E-state index >= 15 is 0 Å². The van der Waals surface area contributed by atoms with Crippen LogP contribution in [-0.2, 0) is 13.1 Å². The Labute approximate surface area is 112 Å². The first-order valence-electron chi connectivity index (χ1n) is 5.77. The maximum absolute atomic E-state index is 12.0. The van der Waals surface area contributed by atoms with Crippen molar-refractivity contribution in [2.24, 2.45) is 0 Å². The smallest absolute Gasteiger partial charge is 0.406 e. The van der Waals surface area contributed by atoms with Crippen LogP contribution in [0, 0.1) is 6.92 Å². The number of nitrogens with zero attached hydrogens (tertiary/aromatic N) is 2. The molecule has 0 aliphatic carbocycles. The van der Waals surface area contributed by atoms with E-state index in [1.807, 2.05) is 0 Å². The summed E-state index contributed by atoms with van der Waals surface area (Å²) >= 11 is 0. The number of hydrogen-bond donors (Lipinski definition) is 1. The molecular weight excluding hydrogens is 275 g/mol. The van der Waals surface area contributed by atoms with E-state index in [2.05, 4.69) is 20.2 Å². The van der Waals surface area contributed by atoms with Crippen molar-refractivity contribution in [2.45, 2.75) is 26.4 Å². The first-order chi connectivity index (χ1) is 9.42. The van der Waals surface area contributed by atoms with Gasteiger partial charge in [-0.2, -0.15) is 4.98 Å². The van der Waals surface area contributed by atoms with Gasteiger partial charge in [-0.25, -0.2) is 0 Å². The molecule has 108 valence electrons. The molecule has 0 fully saturated rings. The first kappa shape index (κ1) is 14.3. The van der Waals surface area contributed by atoms with Crippen LogP contribution in [0.15, 0.2) is 28.8 Å². The lowest BCUT2D eigenvalue weighted by Crippen LogP contribution is -2.17. The molecule has 0 bridgehead atoms. The van der Waals surface area contributed by atoms with E-state index < -0.39 is 6.36 Å². The quantitative estimate of drug-likeness (QED) is 0.915. The fourth-order valence-electron chi connectivity index (χ4n) is 1.53. The van der Waals surface area contributed by atoms with Crippen molar-refractivity contribution in [1.82, 2.24) is 15.5 Å². The van der Waals surface area contributed by atoms with E-state index in [-0.39, 0.29) is 5.75 Å². The predicted octanol–water partition coefficient (Wildman–Crippen LogP) is 2.57. The Morgan fingerprint density at radius 3 is 2.45 bits per heavy atom. The van der Waals surface area contributed by atoms with Crippen molar-refractivity contribution in [3.63, 3.8) is 0 Å². The molecule has 0 aliphatic heterocycles.